The summed E-state index contributed by atoms with van der Waals surface area (Å²) in [6.45, 7) is 4.32. The Kier molecular flexibility index (Phi) is 4.23. The van der Waals surface area contributed by atoms with Gasteiger partial charge in [-0.3, -0.25) is 4.98 Å². The van der Waals surface area contributed by atoms with E-state index in [9.17, 15) is 0 Å². The molecular weight excluding hydrogens is 248 g/mol. The Morgan fingerprint density at radius 2 is 2.15 bits per heavy atom. The van der Waals surface area contributed by atoms with Crippen molar-refractivity contribution in [2.45, 2.75) is 19.4 Å². The first kappa shape index (κ1) is 13.5. The van der Waals surface area contributed by atoms with E-state index in [0.717, 1.165) is 35.7 Å². The molecule has 0 aliphatic carbocycles. The minimum absolute atomic E-state index is 0.766. The van der Waals surface area contributed by atoms with E-state index in [-0.39, 0.29) is 0 Å². The van der Waals surface area contributed by atoms with Crippen molar-refractivity contribution in [1.82, 2.24) is 20.2 Å². The fourth-order valence-corrected chi connectivity index (χ4v) is 2.92. The molecule has 0 spiro atoms. The average Bonchev–Trinajstić information content (AvgIpc) is 2.47. The molecule has 1 atom stereocenters. The van der Waals surface area contributed by atoms with Crippen LogP contribution in [-0.2, 0) is 6.54 Å². The van der Waals surface area contributed by atoms with Crippen LogP contribution in [0, 0.1) is 5.92 Å². The Balaban J connectivity index is 1.54. The second-order valence-corrected chi connectivity index (χ2v) is 5.75. The molecule has 20 heavy (non-hydrogen) atoms. The molecule has 1 saturated heterocycles. The Bertz CT molecular complexity index is 569. The molecule has 2 aromatic rings. The van der Waals surface area contributed by atoms with E-state index in [2.05, 4.69) is 27.2 Å². The molecule has 0 radical (unpaired) electrons. The zero-order valence-corrected chi connectivity index (χ0v) is 12.0. The van der Waals surface area contributed by atoms with Crippen LogP contribution in [-0.4, -0.2) is 41.5 Å². The second-order valence-electron chi connectivity index (χ2n) is 5.75. The van der Waals surface area contributed by atoms with Crippen molar-refractivity contribution in [3.8, 4) is 0 Å². The number of nitrogens with zero attached hydrogens (tertiary/aromatic N) is 3. The summed E-state index contributed by atoms with van der Waals surface area (Å²) in [5.41, 5.74) is 2.96. The van der Waals surface area contributed by atoms with Gasteiger partial charge in [0.15, 0.2) is 0 Å². The lowest BCUT2D eigenvalue weighted by Gasteiger charge is -2.29. The number of benzene rings is 1. The van der Waals surface area contributed by atoms with E-state index in [4.69, 9.17) is 0 Å². The quantitative estimate of drug-likeness (QED) is 0.923. The molecule has 1 N–H and O–H groups in total. The van der Waals surface area contributed by atoms with Crippen LogP contribution in [0.2, 0.25) is 0 Å². The number of hydrogen-bond acceptors (Lipinski definition) is 4. The maximum Gasteiger partial charge on any atom is 0.0890 e. The van der Waals surface area contributed by atoms with Crippen molar-refractivity contribution in [2.24, 2.45) is 5.92 Å². The lowest BCUT2D eigenvalue weighted by molar-refractivity contribution is 0.206. The van der Waals surface area contributed by atoms with E-state index < -0.39 is 0 Å². The van der Waals surface area contributed by atoms with Gasteiger partial charge >= 0.3 is 0 Å². The second kappa shape index (κ2) is 6.29. The number of fused-ring (bicyclic) bond motifs is 1. The van der Waals surface area contributed by atoms with Crippen LogP contribution in [0.3, 0.4) is 0 Å². The first-order valence-corrected chi connectivity index (χ1v) is 7.41. The van der Waals surface area contributed by atoms with E-state index in [1.807, 2.05) is 30.5 Å². The highest BCUT2D eigenvalue weighted by atomic mass is 15.1. The van der Waals surface area contributed by atoms with Crippen molar-refractivity contribution >= 4 is 11.0 Å². The first-order chi connectivity index (χ1) is 9.81. The Morgan fingerprint density at radius 3 is 3.00 bits per heavy atom. The molecule has 1 aliphatic heterocycles. The number of hydrogen-bond donors (Lipinski definition) is 1. The molecule has 4 nitrogen and oxygen atoms in total. The Morgan fingerprint density at radius 1 is 1.30 bits per heavy atom. The van der Waals surface area contributed by atoms with Gasteiger partial charge in [-0.2, -0.15) is 0 Å². The van der Waals surface area contributed by atoms with Gasteiger partial charge in [0.2, 0.25) is 0 Å². The van der Waals surface area contributed by atoms with Crippen LogP contribution in [0.5, 0.6) is 0 Å². The van der Waals surface area contributed by atoms with Crippen LogP contribution in [0.15, 0.2) is 30.5 Å². The molecule has 1 fully saturated rings. The fraction of sp³-hybridized carbons (Fsp3) is 0.500. The molecule has 1 aromatic carbocycles. The van der Waals surface area contributed by atoms with Gasteiger partial charge in [-0.15, -0.1) is 0 Å². The fourth-order valence-electron chi connectivity index (χ4n) is 2.92. The summed E-state index contributed by atoms with van der Waals surface area (Å²) in [7, 11) is 2.21. The molecule has 4 heteroatoms. The molecule has 3 rings (SSSR count). The van der Waals surface area contributed by atoms with Gasteiger partial charge in [-0.1, -0.05) is 12.1 Å². The van der Waals surface area contributed by atoms with E-state index in [1.54, 1.807) is 0 Å². The van der Waals surface area contributed by atoms with Crippen LogP contribution in [0.1, 0.15) is 18.5 Å². The molecule has 1 aromatic heterocycles. The first-order valence-electron chi connectivity index (χ1n) is 7.41. The summed E-state index contributed by atoms with van der Waals surface area (Å²) >= 11 is 0. The van der Waals surface area contributed by atoms with Crippen LogP contribution >= 0.6 is 0 Å². The minimum Gasteiger partial charge on any atom is -0.311 e. The van der Waals surface area contributed by atoms with Gasteiger partial charge in [0.05, 0.1) is 22.9 Å². The highest BCUT2D eigenvalue weighted by Crippen LogP contribution is 2.14. The SMILES string of the molecule is CN1CCCC(CNCc2cnc3ccccc3n2)C1. The molecule has 1 unspecified atom stereocenters. The zero-order chi connectivity index (χ0) is 13.8. The predicted molar refractivity (Wildman–Crippen MR) is 81.5 cm³/mol. The third-order valence-electron chi connectivity index (χ3n) is 3.96. The average molecular weight is 270 g/mol. The molecule has 0 saturated carbocycles. The molecule has 1 aliphatic rings. The van der Waals surface area contributed by atoms with Crippen LogP contribution in [0.4, 0.5) is 0 Å². The topological polar surface area (TPSA) is 41.0 Å². The normalized spacial score (nSPS) is 20.4. The monoisotopic (exact) mass is 270 g/mol. The third-order valence-corrected chi connectivity index (χ3v) is 3.96. The molecule has 106 valence electrons. The van der Waals surface area contributed by atoms with Crippen molar-refractivity contribution < 1.29 is 0 Å². The maximum atomic E-state index is 4.64. The van der Waals surface area contributed by atoms with Gasteiger partial charge in [0.1, 0.15) is 0 Å². The van der Waals surface area contributed by atoms with E-state index in [1.165, 1.54) is 25.9 Å². The van der Waals surface area contributed by atoms with Crippen molar-refractivity contribution in [3.05, 3.63) is 36.2 Å². The molecular formula is C16H22N4. The van der Waals surface area contributed by atoms with E-state index >= 15 is 0 Å². The van der Waals surface area contributed by atoms with Gasteiger partial charge in [-0.25, -0.2) is 4.98 Å². The van der Waals surface area contributed by atoms with Crippen molar-refractivity contribution in [1.29, 1.82) is 0 Å². The summed E-state index contributed by atoms with van der Waals surface area (Å²) in [6.07, 6.45) is 4.53. The molecule has 0 amide bonds. The van der Waals surface area contributed by atoms with Gasteiger partial charge < -0.3 is 10.2 Å². The summed E-state index contributed by atoms with van der Waals surface area (Å²) in [4.78, 5) is 11.5. The lowest BCUT2D eigenvalue weighted by Crippen LogP contribution is -2.37. The van der Waals surface area contributed by atoms with E-state index in [0.29, 0.717) is 0 Å². The highest BCUT2D eigenvalue weighted by molar-refractivity contribution is 5.73. The Hall–Kier alpha value is -1.52. The van der Waals surface area contributed by atoms with Crippen molar-refractivity contribution in [3.63, 3.8) is 0 Å². The summed E-state index contributed by atoms with van der Waals surface area (Å²) in [6, 6.07) is 8.01. The predicted octanol–water partition coefficient (Wildman–Crippen LogP) is 2.06. The molecule has 0 bridgehead atoms. The summed E-state index contributed by atoms with van der Waals surface area (Å²) < 4.78 is 0. The number of rotatable bonds is 4. The molecule has 2 heterocycles. The standard InChI is InChI=1S/C16H22N4/c1-20-8-4-5-13(12-20)9-17-10-14-11-18-15-6-2-3-7-16(15)19-14/h2-3,6-7,11,13,17H,4-5,8-10,12H2,1H3. The maximum absolute atomic E-state index is 4.64. The highest BCUT2D eigenvalue weighted by Gasteiger charge is 2.16. The largest absolute Gasteiger partial charge is 0.311 e. The van der Waals surface area contributed by atoms with Crippen molar-refractivity contribution in [2.75, 3.05) is 26.7 Å². The smallest absolute Gasteiger partial charge is 0.0890 e. The number of nitrogens with one attached hydrogen (secondary N) is 1. The number of aromatic nitrogens is 2. The summed E-state index contributed by atoms with van der Waals surface area (Å²) in [5.74, 6) is 0.766. The zero-order valence-electron chi connectivity index (χ0n) is 12.0. The lowest BCUT2D eigenvalue weighted by atomic mass is 9.98. The number of likely N-dealkylation sites (tertiary alicyclic amines) is 1. The van der Waals surface area contributed by atoms with Crippen LogP contribution in [0.25, 0.3) is 11.0 Å². The Labute approximate surface area is 120 Å². The third kappa shape index (κ3) is 3.32. The van der Waals surface area contributed by atoms with Gasteiger partial charge in [0.25, 0.3) is 0 Å². The van der Waals surface area contributed by atoms with Crippen LogP contribution < -0.4 is 5.32 Å². The number of piperidine rings is 1. The van der Waals surface area contributed by atoms with Gasteiger partial charge in [0, 0.05) is 13.1 Å². The van der Waals surface area contributed by atoms with Gasteiger partial charge in [-0.05, 0) is 51.0 Å². The number of para-hydroxylation sites is 2. The summed E-state index contributed by atoms with van der Waals surface area (Å²) in [5, 5.41) is 3.53. The minimum atomic E-state index is 0.766.